The van der Waals surface area contributed by atoms with Crippen LogP contribution in [-0.2, 0) is 30.1 Å². The molecule has 2 rings (SSSR count). The van der Waals surface area contributed by atoms with Crippen LogP contribution in [0.3, 0.4) is 0 Å². The summed E-state index contributed by atoms with van der Waals surface area (Å²) in [5, 5.41) is -0.176. The largest absolute Gasteiger partial charge is 0.534 e. The lowest BCUT2D eigenvalue weighted by Crippen LogP contribution is -2.50. The van der Waals surface area contributed by atoms with Gasteiger partial charge in [0, 0.05) is 12.6 Å². The highest BCUT2D eigenvalue weighted by Crippen LogP contribution is 2.37. The highest BCUT2D eigenvalue weighted by molar-refractivity contribution is 7.87. The molecule has 0 spiro atoms. The molecule has 1 aliphatic heterocycles. The smallest absolute Gasteiger partial charge is 0.415 e. The molecule has 0 bridgehead atoms. The summed E-state index contributed by atoms with van der Waals surface area (Å²) in [6.07, 6.45) is 0.824. The van der Waals surface area contributed by atoms with E-state index in [4.69, 9.17) is 4.43 Å². The van der Waals surface area contributed by atoms with E-state index in [1.54, 1.807) is 17.0 Å². The SMILES string of the molecule is CC(C)(C)[Si](C)(C)OC[C@@H]1C(OS(=O)(=O)C(F)(F)F)=CC(=O)CN1Cc1ccccc1. The molecule has 0 aliphatic carbocycles. The van der Waals surface area contributed by atoms with Crippen molar-refractivity contribution in [1.29, 1.82) is 0 Å². The second-order valence-electron chi connectivity index (χ2n) is 8.97. The Morgan fingerprint density at radius 3 is 2.23 bits per heavy atom. The molecule has 31 heavy (non-hydrogen) atoms. The summed E-state index contributed by atoms with van der Waals surface area (Å²) >= 11 is 0. The van der Waals surface area contributed by atoms with Crippen LogP contribution in [0, 0.1) is 0 Å². The zero-order chi connectivity index (χ0) is 23.7. The summed E-state index contributed by atoms with van der Waals surface area (Å²) in [4.78, 5) is 13.8. The van der Waals surface area contributed by atoms with E-state index in [0.717, 1.165) is 11.6 Å². The van der Waals surface area contributed by atoms with E-state index in [1.807, 2.05) is 52.1 Å². The lowest BCUT2D eigenvalue weighted by Gasteiger charge is -2.40. The number of alkyl halides is 3. The molecule has 1 aliphatic rings. The average molecular weight is 480 g/mol. The van der Waals surface area contributed by atoms with Crippen molar-refractivity contribution >= 4 is 24.2 Å². The molecular formula is C20H28F3NO5SSi. The summed E-state index contributed by atoms with van der Waals surface area (Å²) in [5.41, 5.74) is -4.80. The van der Waals surface area contributed by atoms with E-state index in [0.29, 0.717) is 0 Å². The molecule has 0 aromatic heterocycles. The quantitative estimate of drug-likeness (QED) is 0.331. The molecule has 0 unspecified atom stereocenters. The van der Waals surface area contributed by atoms with E-state index in [-0.39, 0.29) is 24.7 Å². The van der Waals surface area contributed by atoms with Crippen LogP contribution in [0.5, 0.6) is 0 Å². The first-order chi connectivity index (χ1) is 14.0. The Morgan fingerprint density at radius 1 is 1.13 bits per heavy atom. The summed E-state index contributed by atoms with van der Waals surface area (Å²) in [5.74, 6) is -1.13. The van der Waals surface area contributed by atoms with Gasteiger partial charge in [0.25, 0.3) is 0 Å². The molecule has 0 fully saturated rings. The van der Waals surface area contributed by atoms with Gasteiger partial charge < -0.3 is 8.61 Å². The molecule has 174 valence electrons. The monoisotopic (exact) mass is 479 g/mol. The number of rotatable bonds is 7. The minimum absolute atomic E-state index is 0.0979. The number of hydrogen-bond donors (Lipinski definition) is 0. The third-order valence-corrected chi connectivity index (χ3v) is 11.0. The van der Waals surface area contributed by atoms with Crippen LogP contribution < -0.4 is 0 Å². The second-order valence-corrected chi connectivity index (χ2v) is 15.3. The van der Waals surface area contributed by atoms with Crippen LogP contribution in [0.2, 0.25) is 18.1 Å². The molecule has 0 saturated carbocycles. The summed E-state index contributed by atoms with van der Waals surface area (Å²) in [6, 6.07) is 8.05. The summed E-state index contributed by atoms with van der Waals surface area (Å²) < 4.78 is 72.7. The van der Waals surface area contributed by atoms with Gasteiger partial charge in [0.2, 0.25) is 0 Å². The van der Waals surface area contributed by atoms with Crippen molar-refractivity contribution in [1.82, 2.24) is 4.90 Å². The molecule has 0 radical (unpaired) electrons. The van der Waals surface area contributed by atoms with Gasteiger partial charge in [-0.15, -0.1) is 0 Å². The molecule has 11 heteroatoms. The molecule has 1 atom stereocenters. The van der Waals surface area contributed by atoms with Crippen LogP contribution in [0.15, 0.2) is 42.2 Å². The van der Waals surface area contributed by atoms with Crippen molar-refractivity contribution in [3.8, 4) is 0 Å². The van der Waals surface area contributed by atoms with Gasteiger partial charge in [-0.2, -0.15) is 21.6 Å². The number of carbonyl (C=O) groups is 1. The van der Waals surface area contributed by atoms with Crippen LogP contribution in [0.4, 0.5) is 13.2 Å². The average Bonchev–Trinajstić information content (AvgIpc) is 2.59. The highest BCUT2D eigenvalue weighted by Gasteiger charge is 2.50. The fraction of sp³-hybridized carbons (Fsp3) is 0.550. The first-order valence-electron chi connectivity index (χ1n) is 9.70. The van der Waals surface area contributed by atoms with E-state index in [9.17, 15) is 26.4 Å². The fourth-order valence-corrected chi connectivity index (χ4v) is 4.23. The van der Waals surface area contributed by atoms with Crippen LogP contribution in [-0.4, -0.2) is 52.1 Å². The molecule has 1 heterocycles. The van der Waals surface area contributed by atoms with Gasteiger partial charge in [-0.1, -0.05) is 51.1 Å². The third-order valence-electron chi connectivity index (χ3n) is 5.56. The number of benzene rings is 1. The van der Waals surface area contributed by atoms with Gasteiger partial charge in [0.05, 0.1) is 19.2 Å². The third kappa shape index (κ3) is 6.40. The fourth-order valence-electron chi connectivity index (χ4n) is 2.72. The van der Waals surface area contributed by atoms with E-state index >= 15 is 0 Å². The van der Waals surface area contributed by atoms with Crippen LogP contribution >= 0.6 is 0 Å². The molecule has 1 aromatic rings. The molecule has 0 N–H and O–H groups in total. The first-order valence-corrected chi connectivity index (χ1v) is 14.0. The lowest BCUT2D eigenvalue weighted by molar-refractivity contribution is -0.118. The van der Waals surface area contributed by atoms with Crippen molar-refractivity contribution in [3.05, 3.63) is 47.7 Å². The maximum atomic E-state index is 12.9. The molecule has 1 aromatic carbocycles. The maximum Gasteiger partial charge on any atom is 0.534 e. The molecular weight excluding hydrogens is 451 g/mol. The Morgan fingerprint density at radius 2 is 1.71 bits per heavy atom. The summed E-state index contributed by atoms with van der Waals surface area (Å²) in [7, 11) is -8.24. The Bertz CT molecular complexity index is 924. The summed E-state index contributed by atoms with van der Waals surface area (Å²) in [6.45, 7) is 9.98. The first kappa shape index (κ1) is 25.6. The number of halogens is 3. The van der Waals surface area contributed by atoms with Crippen molar-refractivity contribution in [2.45, 2.75) is 57.0 Å². The van der Waals surface area contributed by atoms with Crippen molar-refractivity contribution in [3.63, 3.8) is 0 Å². The number of hydrogen-bond acceptors (Lipinski definition) is 6. The van der Waals surface area contributed by atoms with Crippen LogP contribution in [0.1, 0.15) is 26.3 Å². The minimum Gasteiger partial charge on any atom is -0.415 e. The van der Waals surface area contributed by atoms with Crippen molar-refractivity contribution < 1.29 is 35.0 Å². The Balaban J connectivity index is 2.39. The highest BCUT2D eigenvalue weighted by atomic mass is 32.2. The van der Waals surface area contributed by atoms with Gasteiger partial charge in [0.1, 0.15) is 5.76 Å². The van der Waals surface area contributed by atoms with Gasteiger partial charge in [-0.25, -0.2) is 0 Å². The molecule has 0 amide bonds. The number of carbonyl (C=O) groups excluding carboxylic acids is 1. The Kier molecular flexibility index (Phi) is 7.46. The van der Waals surface area contributed by atoms with E-state index in [2.05, 4.69) is 4.18 Å². The van der Waals surface area contributed by atoms with Crippen molar-refractivity contribution in [2.75, 3.05) is 13.2 Å². The van der Waals surface area contributed by atoms with Gasteiger partial charge in [-0.3, -0.25) is 9.69 Å². The van der Waals surface area contributed by atoms with E-state index < -0.39 is 41.5 Å². The van der Waals surface area contributed by atoms with Gasteiger partial charge in [-0.05, 0) is 23.7 Å². The minimum atomic E-state index is -5.92. The molecule has 6 nitrogen and oxygen atoms in total. The predicted octanol–water partition coefficient (Wildman–Crippen LogP) is 4.21. The van der Waals surface area contributed by atoms with Gasteiger partial charge in [0.15, 0.2) is 14.1 Å². The van der Waals surface area contributed by atoms with Crippen molar-refractivity contribution in [2.24, 2.45) is 0 Å². The normalized spacial score (nSPS) is 19.3. The standard InChI is InChI=1S/C20H28F3NO5SSi/c1-19(2,3)31(4,5)28-14-17-18(29-30(26,27)20(21,22)23)11-16(25)13-24(17)12-15-9-7-6-8-10-15/h6-11,17H,12-14H2,1-5H3/t17-/m1/s1. The van der Waals surface area contributed by atoms with Crippen LogP contribution in [0.25, 0.3) is 0 Å². The zero-order valence-electron chi connectivity index (χ0n) is 18.2. The Labute approximate surface area is 182 Å². The Hall–Kier alpha value is -1.69. The molecule has 0 saturated heterocycles. The second kappa shape index (κ2) is 9.05. The van der Waals surface area contributed by atoms with Gasteiger partial charge >= 0.3 is 15.6 Å². The number of ketones is 1. The zero-order valence-corrected chi connectivity index (χ0v) is 20.0. The van der Waals surface area contributed by atoms with E-state index in [1.165, 1.54) is 0 Å². The predicted molar refractivity (Wildman–Crippen MR) is 113 cm³/mol. The number of nitrogens with zero attached hydrogens (tertiary/aromatic N) is 1. The maximum absolute atomic E-state index is 12.9. The topological polar surface area (TPSA) is 72.9 Å². The lowest BCUT2D eigenvalue weighted by atomic mass is 10.1.